The molecule has 1 saturated carbocycles. The Bertz CT molecular complexity index is 1510. The Balaban J connectivity index is 1.43. The fourth-order valence-electron chi connectivity index (χ4n) is 7.50. The predicted octanol–water partition coefficient (Wildman–Crippen LogP) is 4.86. The number of allylic oxidation sites excluding steroid dienone is 1. The fraction of sp³-hybridized carbons (Fsp3) is 0.545. The summed E-state index contributed by atoms with van der Waals surface area (Å²) in [6.45, 7) is 3.76. The molecule has 6 rings (SSSR count). The lowest BCUT2D eigenvalue weighted by Crippen LogP contribution is -2.49. The number of aliphatic hydroxyl groups excluding tert-OH is 1. The third-order valence-corrected chi connectivity index (χ3v) is 11.7. The molecule has 232 valence electrons. The van der Waals surface area contributed by atoms with Gasteiger partial charge in [-0.2, -0.15) is 0 Å². The van der Waals surface area contributed by atoms with E-state index in [-0.39, 0.29) is 34.7 Å². The third-order valence-electron chi connectivity index (χ3n) is 10.1. The lowest BCUT2D eigenvalue weighted by Gasteiger charge is -2.45. The van der Waals surface area contributed by atoms with Crippen LogP contribution in [0.2, 0.25) is 5.02 Å². The van der Waals surface area contributed by atoms with Crippen molar-refractivity contribution in [3.8, 4) is 5.75 Å². The molecule has 2 heterocycles. The number of carbonyl (C=O) groups is 1. The van der Waals surface area contributed by atoms with Crippen molar-refractivity contribution in [3.63, 3.8) is 0 Å². The molecule has 1 spiro atoms. The topological polar surface area (TPSA) is 105 Å². The van der Waals surface area contributed by atoms with Crippen molar-refractivity contribution in [2.45, 2.75) is 61.9 Å². The predicted molar refractivity (Wildman–Crippen MR) is 166 cm³/mol. The number of nitrogens with one attached hydrogen (secondary N) is 1. The Morgan fingerprint density at radius 2 is 2.05 bits per heavy atom. The Kier molecular flexibility index (Phi) is 8.54. The highest BCUT2D eigenvalue weighted by Crippen LogP contribution is 2.47. The number of anilines is 1. The second kappa shape index (κ2) is 12.1. The third kappa shape index (κ3) is 5.93. The van der Waals surface area contributed by atoms with Gasteiger partial charge in [0.15, 0.2) is 0 Å². The van der Waals surface area contributed by atoms with E-state index in [0.29, 0.717) is 37.6 Å². The van der Waals surface area contributed by atoms with E-state index in [1.165, 1.54) is 24.3 Å². The molecule has 1 amide bonds. The molecule has 2 aromatic rings. The van der Waals surface area contributed by atoms with Crippen LogP contribution in [0.4, 0.5) is 5.69 Å². The molecular weight excluding hydrogens is 588 g/mol. The quantitative estimate of drug-likeness (QED) is 0.458. The summed E-state index contributed by atoms with van der Waals surface area (Å²) in [5, 5.41) is 11.9. The minimum Gasteiger partial charge on any atom is -0.490 e. The van der Waals surface area contributed by atoms with E-state index < -0.39 is 28.0 Å². The molecule has 6 atom stereocenters. The van der Waals surface area contributed by atoms with Gasteiger partial charge < -0.3 is 19.5 Å². The molecule has 0 aromatic heterocycles. The maximum atomic E-state index is 13.6. The van der Waals surface area contributed by atoms with E-state index >= 15 is 0 Å². The largest absolute Gasteiger partial charge is 0.490 e. The van der Waals surface area contributed by atoms with Gasteiger partial charge in [-0.3, -0.25) is 4.79 Å². The molecule has 2 aliphatic carbocycles. The minimum atomic E-state index is -4.16. The molecular formula is C33H41ClN2O6S. The number of rotatable bonds is 2. The number of nitrogens with zero attached hydrogens (tertiary/aromatic N) is 1. The number of benzene rings is 2. The summed E-state index contributed by atoms with van der Waals surface area (Å²) in [7, 11) is -2.67. The summed E-state index contributed by atoms with van der Waals surface area (Å²) in [6, 6.07) is 11.0. The van der Waals surface area contributed by atoms with Crippen LogP contribution in [0, 0.1) is 23.7 Å². The molecule has 10 heteroatoms. The highest BCUT2D eigenvalue weighted by atomic mass is 35.5. The molecule has 2 aromatic carbocycles. The van der Waals surface area contributed by atoms with E-state index in [1.54, 1.807) is 12.1 Å². The van der Waals surface area contributed by atoms with Crippen LogP contribution >= 0.6 is 11.6 Å². The Morgan fingerprint density at radius 3 is 2.81 bits per heavy atom. The normalized spacial score (nSPS) is 32.8. The van der Waals surface area contributed by atoms with Crippen molar-refractivity contribution >= 4 is 33.2 Å². The number of aliphatic hydroxyl groups is 1. The summed E-state index contributed by atoms with van der Waals surface area (Å²) in [6.07, 6.45) is 8.51. The lowest BCUT2D eigenvalue weighted by atomic mass is 9.68. The Labute approximate surface area is 259 Å². The highest BCUT2D eigenvalue weighted by molar-refractivity contribution is 7.90. The SMILES string of the molecule is COC[C@H]1C(=O)NS(=O)(=O)c2ccc3c(c2)N(C[C@@H]2CC[C@H]2[C@H](O)/C=C/C[C@@H]1C)C[C@@]1(CCCc2cc(Cl)ccc21)CO3. The Hall–Kier alpha value is -2.59. The minimum absolute atomic E-state index is 0.0148. The van der Waals surface area contributed by atoms with Gasteiger partial charge in [0.2, 0.25) is 5.91 Å². The fourth-order valence-corrected chi connectivity index (χ4v) is 8.74. The number of hydrogen-bond donors (Lipinski definition) is 2. The van der Waals surface area contributed by atoms with Gasteiger partial charge in [0.1, 0.15) is 5.75 Å². The second-order valence-corrected chi connectivity index (χ2v) is 15.0. The first-order valence-corrected chi connectivity index (χ1v) is 17.2. The van der Waals surface area contributed by atoms with Crippen LogP contribution in [-0.4, -0.2) is 58.9 Å². The molecule has 43 heavy (non-hydrogen) atoms. The van der Waals surface area contributed by atoms with E-state index in [0.717, 1.165) is 37.1 Å². The van der Waals surface area contributed by atoms with Crippen LogP contribution in [0.25, 0.3) is 0 Å². The molecule has 2 N–H and O–H groups in total. The number of ether oxygens (including phenoxy) is 2. The standard InChI is InChI=1S/C33H41ClN2O6S/c1-21-5-3-7-30(37)26-11-8-23(26)17-36-19-33(14-4-6-22-15-24(34)9-12-28(22)33)20-42-31-13-10-25(16-29(31)36)43(39,40)35-32(38)27(21)18-41-2/h3,7,9-10,12-13,15-16,21,23,26-27,30,37H,4-6,8,11,14,17-20H2,1-2H3,(H,35,38)/b7-3+/t21-,23-,26+,27+,30+,33-/m0/s1. The number of methoxy groups -OCH3 is 1. The number of hydrogen-bond acceptors (Lipinski definition) is 7. The summed E-state index contributed by atoms with van der Waals surface area (Å²) in [5.41, 5.74) is 2.86. The maximum Gasteiger partial charge on any atom is 0.264 e. The van der Waals surface area contributed by atoms with Crippen molar-refractivity contribution in [2.24, 2.45) is 23.7 Å². The van der Waals surface area contributed by atoms with E-state index in [4.69, 9.17) is 21.1 Å². The second-order valence-electron chi connectivity index (χ2n) is 12.9. The monoisotopic (exact) mass is 628 g/mol. The Morgan fingerprint density at radius 1 is 1.21 bits per heavy atom. The van der Waals surface area contributed by atoms with Crippen LogP contribution in [0.3, 0.4) is 0 Å². The first-order chi connectivity index (χ1) is 20.6. The summed E-state index contributed by atoms with van der Waals surface area (Å²) in [4.78, 5) is 15.6. The number of carbonyl (C=O) groups excluding carboxylic acids is 1. The first kappa shape index (κ1) is 30.4. The average Bonchev–Trinajstić information content (AvgIpc) is 3.10. The number of fused-ring (bicyclic) bond motifs is 4. The van der Waals surface area contributed by atoms with Gasteiger partial charge in [0.05, 0.1) is 35.8 Å². The molecule has 0 saturated heterocycles. The first-order valence-electron chi connectivity index (χ1n) is 15.3. The van der Waals surface area contributed by atoms with Gasteiger partial charge in [0.25, 0.3) is 10.0 Å². The van der Waals surface area contributed by atoms with Gasteiger partial charge in [-0.05, 0) is 97.7 Å². The highest BCUT2D eigenvalue weighted by Gasteiger charge is 2.44. The average molecular weight is 629 g/mol. The summed E-state index contributed by atoms with van der Waals surface area (Å²) in [5.74, 6) is -0.510. The molecule has 1 fully saturated rings. The van der Waals surface area contributed by atoms with Crippen LogP contribution in [0.5, 0.6) is 5.75 Å². The maximum absolute atomic E-state index is 13.6. The van der Waals surface area contributed by atoms with Crippen LogP contribution in [-0.2, 0) is 31.4 Å². The van der Waals surface area contributed by atoms with Gasteiger partial charge in [-0.25, -0.2) is 13.1 Å². The zero-order valence-electron chi connectivity index (χ0n) is 24.8. The van der Waals surface area contributed by atoms with E-state index in [9.17, 15) is 18.3 Å². The number of aryl methyl sites for hydroxylation is 1. The molecule has 2 bridgehead atoms. The van der Waals surface area contributed by atoms with Crippen molar-refractivity contribution in [1.82, 2.24) is 4.72 Å². The van der Waals surface area contributed by atoms with E-state index in [1.807, 2.05) is 25.1 Å². The zero-order chi connectivity index (χ0) is 30.4. The number of sulfonamides is 1. The van der Waals surface area contributed by atoms with Gasteiger partial charge in [-0.15, -0.1) is 0 Å². The smallest absolute Gasteiger partial charge is 0.264 e. The molecule has 0 radical (unpaired) electrons. The van der Waals surface area contributed by atoms with Gasteiger partial charge >= 0.3 is 0 Å². The summed E-state index contributed by atoms with van der Waals surface area (Å²) < 4.78 is 41.3. The van der Waals surface area contributed by atoms with Crippen LogP contribution in [0.1, 0.15) is 50.2 Å². The van der Waals surface area contributed by atoms with E-state index in [2.05, 4.69) is 21.8 Å². The van der Waals surface area contributed by atoms with Crippen molar-refractivity contribution < 1.29 is 27.8 Å². The zero-order valence-corrected chi connectivity index (χ0v) is 26.4. The van der Waals surface area contributed by atoms with Crippen molar-refractivity contribution in [2.75, 3.05) is 38.3 Å². The van der Waals surface area contributed by atoms with Gasteiger partial charge in [0, 0.05) is 30.6 Å². The number of halogens is 1. The van der Waals surface area contributed by atoms with Crippen molar-refractivity contribution in [3.05, 3.63) is 64.7 Å². The number of amides is 1. The molecule has 0 unspecified atom stereocenters. The van der Waals surface area contributed by atoms with Gasteiger partial charge in [-0.1, -0.05) is 36.7 Å². The van der Waals surface area contributed by atoms with Crippen LogP contribution in [0.15, 0.2) is 53.4 Å². The van der Waals surface area contributed by atoms with Crippen molar-refractivity contribution in [1.29, 1.82) is 0 Å². The molecule has 2 aliphatic heterocycles. The molecule has 4 aliphatic rings. The molecule has 8 nitrogen and oxygen atoms in total. The van der Waals surface area contributed by atoms with Crippen LogP contribution < -0.4 is 14.4 Å². The summed E-state index contributed by atoms with van der Waals surface area (Å²) >= 11 is 6.39. The lowest BCUT2D eigenvalue weighted by molar-refractivity contribution is -0.126.